The van der Waals surface area contributed by atoms with Crippen LogP contribution in [0.5, 0.6) is 5.75 Å². The minimum atomic E-state index is -0.0861. The average molecular weight is 428 g/mol. The highest BCUT2D eigenvalue weighted by Crippen LogP contribution is 2.17. The zero-order chi connectivity index (χ0) is 21.8. The summed E-state index contributed by atoms with van der Waals surface area (Å²) in [6, 6.07) is 7.27. The predicted octanol–water partition coefficient (Wildman–Crippen LogP) is 1.42. The number of amides is 2. The van der Waals surface area contributed by atoms with Crippen molar-refractivity contribution in [3.05, 3.63) is 41.5 Å². The lowest BCUT2D eigenvalue weighted by Crippen LogP contribution is -2.34. The Labute approximate surface area is 181 Å². The Balaban J connectivity index is 1.35. The fraction of sp³-hybridized carbons (Fsp3) is 0.545. The van der Waals surface area contributed by atoms with Crippen LogP contribution in [0, 0.1) is 5.92 Å². The van der Waals surface area contributed by atoms with Gasteiger partial charge >= 0.3 is 0 Å². The lowest BCUT2D eigenvalue weighted by molar-refractivity contribution is -0.125. The van der Waals surface area contributed by atoms with Crippen LogP contribution in [-0.2, 0) is 29.0 Å². The third-order valence-electron chi connectivity index (χ3n) is 5.58. The molecule has 31 heavy (non-hydrogen) atoms. The molecule has 4 rings (SSSR count). The first-order valence-electron chi connectivity index (χ1n) is 10.8. The van der Waals surface area contributed by atoms with Gasteiger partial charge in [-0.1, -0.05) is 0 Å². The number of nitrogens with zero attached hydrogens (tertiary/aromatic N) is 4. The fourth-order valence-corrected chi connectivity index (χ4v) is 3.90. The molecule has 2 aliphatic heterocycles. The Morgan fingerprint density at radius 3 is 2.71 bits per heavy atom. The molecule has 1 fully saturated rings. The molecule has 1 saturated heterocycles. The van der Waals surface area contributed by atoms with E-state index in [0.717, 1.165) is 18.0 Å². The molecular formula is C22H29N5O4. The number of carbonyl (C=O) groups is 2. The molecule has 1 unspecified atom stereocenters. The monoisotopic (exact) mass is 427 g/mol. The van der Waals surface area contributed by atoms with Crippen LogP contribution < -0.4 is 10.1 Å². The van der Waals surface area contributed by atoms with Crippen LogP contribution in [0.25, 0.3) is 0 Å². The molecule has 9 nitrogen and oxygen atoms in total. The van der Waals surface area contributed by atoms with E-state index < -0.39 is 0 Å². The van der Waals surface area contributed by atoms with Gasteiger partial charge in [-0.2, -0.15) is 0 Å². The Hall–Kier alpha value is -2.94. The van der Waals surface area contributed by atoms with Crippen LogP contribution in [0.1, 0.15) is 42.3 Å². The van der Waals surface area contributed by atoms with E-state index in [-0.39, 0.29) is 23.8 Å². The third-order valence-corrected chi connectivity index (χ3v) is 5.58. The largest absolute Gasteiger partial charge is 0.491 e. The summed E-state index contributed by atoms with van der Waals surface area (Å²) in [6.07, 6.45) is 1.47. The second kappa shape index (κ2) is 9.47. The number of nitrogens with one attached hydrogen (secondary N) is 1. The van der Waals surface area contributed by atoms with E-state index >= 15 is 0 Å². The van der Waals surface area contributed by atoms with Crippen LogP contribution in [0.2, 0.25) is 0 Å². The Morgan fingerprint density at radius 1 is 1.19 bits per heavy atom. The Kier molecular flexibility index (Phi) is 6.50. The van der Waals surface area contributed by atoms with Crippen molar-refractivity contribution in [2.24, 2.45) is 5.92 Å². The molecule has 0 aliphatic carbocycles. The van der Waals surface area contributed by atoms with Gasteiger partial charge in [0.05, 0.1) is 25.2 Å². The summed E-state index contributed by atoms with van der Waals surface area (Å²) in [5.41, 5.74) is 0.639. The van der Waals surface area contributed by atoms with Gasteiger partial charge in [0, 0.05) is 38.2 Å². The molecule has 3 heterocycles. The van der Waals surface area contributed by atoms with Gasteiger partial charge in [-0.15, -0.1) is 10.2 Å². The quantitative estimate of drug-likeness (QED) is 0.749. The molecule has 1 aromatic carbocycles. The van der Waals surface area contributed by atoms with Gasteiger partial charge < -0.3 is 24.3 Å². The number of carbonyl (C=O) groups excluding carboxylic acids is 2. The van der Waals surface area contributed by atoms with Crippen molar-refractivity contribution in [3.63, 3.8) is 0 Å². The molecule has 2 amide bonds. The van der Waals surface area contributed by atoms with Gasteiger partial charge in [-0.05, 0) is 44.5 Å². The van der Waals surface area contributed by atoms with E-state index in [2.05, 4.69) is 15.5 Å². The van der Waals surface area contributed by atoms with Crippen molar-refractivity contribution >= 4 is 11.8 Å². The van der Waals surface area contributed by atoms with Crippen molar-refractivity contribution in [1.82, 2.24) is 25.0 Å². The summed E-state index contributed by atoms with van der Waals surface area (Å²) in [4.78, 5) is 27.1. The molecule has 0 spiro atoms. The highest BCUT2D eigenvalue weighted by atomic mass is 16.5. The van der Waals surface area contributed by atoms with E-state index in [4.69, 9.17) is 9.47 Å². The first-order chi connectivity index (χ1) is 15.0. The SMILES string of the molecule is CC(C)Oc1ccc(C(=O)N2CCc3nnc(CNC(=O)C4CCOC4)n3CC2)cc1. The molecule has 0 radical (unpaired) electrons. The third kappa shape index (κ3) is 5.04. The van der Waals surface area contributed by atoms with Crippen molar-refractivity contribution in [2.75, 3.05) is 26.3 Å². The van der Waals surface area contributed by atoms with Crippen molar-refractivity contribution in [2.45, 2.75) is 45.9 Å². The maximum atomic E-state index is 13.0. The molecule has 1 atom stereocenters. The smallest absolute Gasteiger partial charge is 0.253 e. The highest BCUT2D eigenvalue weighted by Gasteiger charge is 2.25. The maximum absolute atomic E-state index is 13.0. The van der Waals surface area contributed by atoms with E-state index in [1.54, 1.807) is 12.1 Å². The molecule has 9 heteroatoms. The number of aromatic nitrogens is 3. The molecule has 0 bridgehead atoms. The summed E-state index contributed by atoms with van der Waals surface area (Å²) in [5.74, 6) is 2.20. The fourth-order valence-electron chi connectivity index (χ4n) is 3.90. The predicted molar refractivity (Wildman–Crippen MR) is 113 cm³/mol. The van der Waals surface area contributed by atoms with Crippen molar-refractivity contribution < 1.29 is 19.1 Å². The van der Waals surface area contributed by atoms with E-state index in [1.165, 1.54) is 0 Å². The Bertz CT molecular complexity index is 918. The van der Waals surface area contributed by atoms with Gasteiger partial charge in [0.15, 0.2) is 5.82 Å². The molecule has 1 aromatic heterocycles. The number of hydrogen-bond donors (Lipinski definition) is 1. The van der Waals surface area contributed by atoms with Gasteiger partial charge in [0.2, 0.25) is 5.91 Å². The first-order valence-corrected chi connectivity index (χ1v) is 10.8. The second-order valence-electron chi connectivity index (χ2n) is 8.20. The Morgan fingerprint density at radius 2 is 2.00 bits per heavy atom. The molecular weight excluding hydrogens is 398 g/mol. The number of fused-ring (bicyclic) bond motifs is 1. The normalized spacial score (nSPS) is 18.5. The summed E-state index contributed by atoms with van der Waals surface area (Å²) in [7, 11) is 0. The van der Waals surface area contributed by atoms with Gasteiger partial charge in [-0.25, -0.2) is 0 Å². The van der Waals surface area contributed by atoms with Crippen LogP contribution in [-0.4, -0.2) is 63.9 Å². The first kappa shape index (κ1) is 21.3. The van der Waals surface area contributed by atoms with Crippen LogP contribution >= 0.6 is 0 Å². The van der Waals surface area contributed by atoms with Crippen LogP contribution in [0.4, 0.5) is 0 Å². The molecule has 1 N–H and O–H groups in total. The zero-order valence-corrected chi connectivity index (χ0v) is 18.0. The minimum absolute atomic E-state index is 0.00843. The van der Waals surface area contributed by atoms with Gasteiger partial charge in [0.25, 0.3) is 5.91 Å². The lowest BCUT2D eigenvalue weighted by Gasteiger charge is -2.20. The average Bonchev–Trinajstić information content (AvgIpc) is 3.38. The summed E-state index contributed by atoms with van der Waals surface area (Å²) in [6.45, 7) is 7.11. The summed E-state index contributed by atoms with van der Waals surface area (Å²) < 4.78 is 12.9. The van der Waals surface area contributed by atoms with E-state index in [1.807, 2.05) is 35.4 Å². The van der Waals surface area contributed by atoms with Crippen LogP contribution in [0.15, 0.2) is 24.3 Å². The number of ether oxygens (including phenoxy) is 2. The molecule has 0 saturated carbocycles. The second-order valence-corrected chi connectivity index (χ2v) is 8.20. The topological polar surface area (TPSA) is 98.6 Å². The lowest BCUT2D eigenvalue weighted by atomic mass is 10.1. The van der Waals surface area contributed by atoms with Crippen LogP contribution in [0.3, 0.4) is 0 Å². The maximum Gasteiger partial charge on any atom is 0.253 e. The number of hydrogen-bond acceptors (Lipinski definition) is 6. The summed E-state index contributed by atoms with van der Waals surface area (Å²) >= 11 is 0. The molecule has 2 aromatic rings. The van der Waals surface area contributed by atoms with E-state index in [9.17, 15) is 9.59 Å². The number of rotatable bonds is 6. The standard InChI is InChI=1S/C22H29N5O4/c1-15(2)31-18-5-3-16(4-6-18)22(29)26-9-7-19-24-25-20(27(19)11-10-26)13-23-21(28)17-8-12-30-14-17/h3-6,15,17H,7-14H2,1-2H3,(H,23,28). The highest BCUT2D eigenvalue weighted by molar-refractivity contribution is 5.94. The van der Waals surface area contributed by atoms with Crippen molar-refractivity contribution in [3.8, 4) is 5.75 Å². The van der Waals surface area contributed by atoms with E-state index in [0.29, 0.717) is 57.2 Å². The van der Waals surface area contributed by atoms with Gasteiger partial charge in [-0.3, -0.25) is 9.59 Å². The minimum Gasteiger partial charge on any atom is -0.491 e. The van der Waals surface area contributed by atoms with Crippen molar-refractivity contribution in [1.29, 1.82) is 0 Å². The summed E-state index contributed by atoms with van der Waals surface area (Å²) in [5, 5.41) is 11.5. The number of benzene rings is 1. The molecule has 166 valence electrons. The molecule has 2 aliphatic rings. The van der Waals surface area contributed by atoms with Gasteiger partial charge in [0.1, 0.15) is 11.6 Å². The zero-order valence-electron chi connectivity index (χ0n) is 18.0.